The van der Waals surface area contributed by atoms with Crippen LogP contribution in [-0.4, -0.2) is 25.2 Å². The Kier molecular flexibility index (Phi) is 3.63. The molecule has 0 fully saturated rings. The summed E-state index contributed by atoms with van der Waals surface area (Å²) in [7, 11) is 1.81. The molecule has 2 aromatic heterocycles. The molecule has 7 heteroatoms. The molecule has 3 aromatic rings. The number of alkyl halides is 1. The van der Waals surface area contributed by atoms with Gasteiger partial charge in [-0.1, -0.05) is 0 Å². The van der Waals surface area contributed by atoms with E-state index in [0.717, 1.165) is 11.8 Å². The quantitative estimate of drug-likeness (QED) is 0.695. The predicted molar refractivity (Wildman–Crippen MR) is 76.4 cm³/mol. The normalized spacial score (nSPS) is 11.4. The SMILES string of the molecule is Cn1ccc(Cn2c(CCCl)nc3c(F)cc(F)cc32)n1. The van der Waals surface area contributed by atoms with Crippen molar-refractivity contribution in [3.05, 3.63) is 47.5 Å². The maximum absolute atomic E-state index is 13.9. The zero-order chi connectivity index (χ0) is 15.0. The minimum atomic E-state index is -0.666. The summed E-state index contributed by atoms with van der Waals surface area (Å²) >= 11 is 5.77. The summed E-state index contributed by atoms with van der Waals surface area (Å²) in [6.45, 7) is 0.395. The van der Waals surface area contributed by atoms with Gasteiger partial charge in [0, 0.05) is 31.6 Å². The molecule has 0 saturated heterocycles. The first-order valence-corrected chi connectivity index (χ1v) is 7.00. The van der Waals surface area contributed by atoms with Crippen molar-refractivity contribution in [1.29, 1.82) is 0 Å². The van der Waals surface area contributed by atoms with Crippen molar-refractivity contribution in [3.63, 3.8) is 0 Å². The lowest BCUT2D eigenvalue weighted by Crippen LogP contribution is -2.07. The molecule has 0 N–H and O–H groups in total. The van der Waals surface area contributed by atoms with Crippen LogP contribution < -0.4 is 0 Å². The molecule has 2 heterocycles. The number of aromatic nitrogens is 4. The number of aryl methyl sites for hydroxylation is 2. The smallest absolute Gasteiger partial charge is 0.153 e. The van der Waals surface area contributed by atoms with Gasteiger partial charge < -0.3 is 4.57 Å². The molecule has 110 valence electrons. The number of benzene rings is 1. The van der Waals surface area contributed by atoms with E-state index in [2.05, 4.69) is 10.1 Å². The highest BCUT2D eigenvalue weighted by Gasteiger charge is 2.16. The Balaban J connectivity index is 2.15. The van der Waals surface area contributed by atoms with Gasteiger partial charge >= 0.3 is 0 Å². The fourth-order valence-electron chi connectivity index (χ4n) is 2.36. The van der Waals surface area contributed by atoms with E-state index in [9.17, 15) is 8.78 Å². The second-order valence-corrected chi connectivity index (χ2v) is 5.17. The number of rotatable bonds is 4. The van der Waals surface area contributed by atoms with Gasteiger partial charge in [-0.05, 0) is 12.1 Å². The van der Waals surface area contributed by atoms with E-state index in [4.69, 9.17) is 11.6 Å². The maximum Gasteiger partial charge on any atom is 0.153 e. The molecule has 1 aromatic carbocycles. The molecule has 3 rings (SSSR count). The zero-order valence-electron chi connectivity index (χ0n) is 11.4. The van der Waals surface area contributed by atoms with Crippen molar-refractivity contribution < 1.29 is 8.78 Å². The van der Waals surface area contributed by atoms with Crippen LogP contribution in [-0.2, 0) is 20.0 Å². The summed E-state index contributed by atoms with van der Waals surface area (Å²) in [6.07, 6.45) is 2.29. The van der Waals surface area contributed by atoms with Crippen molar-refractivity contribution in [1.82, 2.24) is 19.3 Å². The zero-order valence-corrected chi connectivity index (χ0v) is 12.1. The summed E-state index contributed by atoms with van der Waals surface area (Å²) in [5.41, 5.74) is 1.36. The lowest BCUT2D eigenvalue weighted by Gasteiger charge is -2.06. The van der Waals surface area contributed by atoms with Gasteiger partial charge in [0.05, 0.1) is 17.8 Å². The molecule has 21 heavy (non-hydrogen) atoms. The molecular weight excluding hydrogens is 298 g/mol. The predicted octanol–water partition coefficient (Wildman–Crippen LogP) is 2.88. The molecule has 0 aliphatic rings. The summed E-state index contributed by atoms with van der Waals surface area (Å²) in [4.78, 5) is 4.25. The highest BCUT2D eigenvalue weighted by Crippen LogP contribution is 2.22. The third-order valence-electron chi connectivity index (χ3n) is 3.26. The average molecular weight is 311 g/mol. The molecule has 0 saturated carbocycles. The van der Waals surface area contributed by atoms with Gasteiger partial charge in [0.2, 0.25) is 0 Å². The van der Waals surface area contributed by atoms with Crippen LogP contribution in [0.25, 0.3) is 11.0 Å². The fourth-order valence-corrected chi connectivity index (χ4v) is 2.53. The Bertz CT molecular complexity index is 794. The van der Waals surface area contributed by atoms with Crippen LogP contribution in [0.15, 0.2) is 24.4 Å². The van der Waals surface area contributed by atoms with E-state index >= 15 is 0 Å². The first-order valence-electron chi connectivity index (χ1n) is 6.47. The monoisotopic (exact) mass is 310 g/mol. The lowest BCUT2D eigenvalue weighted by molar-refractivity contribution is 0.590. The Labute approximate surface area is 125 Å². The van der Waals surface area contributed by atoms with E-state index in [1.165, 1.54) is 6.07 Å². The fraction of sp³-hybridized carbons (Fsp3) is 0.286. The number of hydrogen-bond donors (Lipinski definition) is 0. The first-order chi connectivity index (χ1) is 10.1. The number of hydrogen-bond acceptors (Lipinski definition) is 2. The summed E-state index contributed by atoms with van der Waals surface area (Å²) < 4.78 is 30.8. The third kappa shape index (κ3) is 2.63. The maximum atomic E-state index is 13.9. The molecule has 0 aliphatic heterocycles. The van der Waals surface area contributed by atoms with Gasteiger partial charge in [0.15, 0.2) is 5.82 Å². The third-order valence-corrected chi connectivity index (χ3v) is 3.45. The average Bonchev–Trinajstić information content (AvgIpc) is 2.97. The molecule has 0 radical (unpaired) electrons. The lowest BCUT2D eigenvalue weighted by atomic mass is 10.3. The molecule has 0 spiro atoms. The summed E-state index contributed by atoms with van der Waals surface area (Å²) in [6, 6.07) is 3.98. The summed E-state index contributed by atoms with van der Waals surface area (Å²) in [5.74, 6) is -0.314. The van der Waals surface area contributed by atoms with Gasteiger partial charge in [-0.15, -0.1) is 11.6 Å². The van der Waals surface area contributed by atoms with Gasteiger partial charge in [-0.3, -0.25) is 4.68 Å². The standard InChI is InChI=1S/C14H13ClF2N4/c1-20-5-3-10(19-20)8-21-12-7-9(16)6-11(17)14(12)18-13(21)2-4-15/h3,5-7H,2,4,8H2,1H3. The van der Waals surface area contributed by atoms with E-state index in [0.29, 0.717) is 30.2 Å². The largest absolute Gasteiger partial charge is 0.322 e. The highest BCUT2D eigenvalue weighted by molar-refractivity contribution is 6.17. The van der Waals surface area contributed by atoms with Crippen LogP contribution in [0.4, 0.5) is 8.78 Å². The van der Waals surface area contributed by atoms with E-state index < -0.39 is 11.6 Å². The van der Waals surface area contributed by atoms with E-state index in [1.807, 2.05) is 19.3 Å². The van der Waals surface area contributed by atoms with Crippen molar-refractivity contribution >= 4 is 22.6 Å². The Hall–Kier alpha value is -1.95. The van der Waals surface area contributed by atoms with Gasteiger partial charge in [-0.2, -0.15) is 5.10 Å². The topological polar surface area (TPSA) is 35.6 Å². The Morgan fingerprint density at radius 2 is 2.10 bits per heavy atom. The van der Waals surface area contributed by atoms with Crippen LogP contribution >= 0.6 is 11.6 Å². The number of fused-ring (bicyclic) bond motifs is 1. The minimum Gasteiger partial charge on any atom is -0.322 e. The Morgan fingerprint density at radius 1 is 1.29 bits per heavy atom. The summed E-state index contributed by atoms with van der Waals surface area (Å²) in [5, 5.41) is 4.29. The van der Waals surface area contributed by atoms with Gasteiger partial charge in [0.25, 0.3) is 0 Å². The number of nitrogens with zero attached hydrogens (tertiary/aromatic N) is 4. The molecule has 0 aliphatic carbocycles. The van der Waals surface area contributed by atoms with Crippen LogP contribution in [0.3, 0.4) is 0 Å². The molecule has 0 atom stereocenters. The van der Waals surface area contributed by atoms with Crippen molar-refractivity contribution in [2.45, 2.75) is 13.0 Å². The van der Waals surface area contributed by atoms with Crippen LogP contribution in [0.1, 0.15) is 11.5 Å². The second kappa shape index (κ2) is 5.44. The minimum absolute atomic E-state index is 0.160. The first kappa shape index (κ1) is 14.0. The van der Waals surface area contributed by atoms with Crippen molar-refractivity contribution in [2.24, 2.45) is 7.05 Å². The molecular formula is C14H13ClF2N4. The van der Waals surface area contributed by atoms with Crippen LogP contribution in [0.2, 0.25) is 0 Å². The molecule has 4 nitrogen and oxygen atoms in total. The van der Waals surface area contributed by atoms with Gasteiger partial charge in [0.1, 0.15) is 17.2 Å². The van der Waals surface area contributed by atoms with E-state index in [1.54, 1.807) is 9.25 Å². The highest BCUT2D eigenvalue weighted by atomic mass is 35.5. The molecule has 0 bridgehead atoms. The van der Waals surface area contributed by atoms with Crippen molar-refractivity contribution in [2.75, 3.05) is 5.88 Å². The van der Waals surface area contributed by atoms with Crippen molar-refractivity contribution in [3.8, 4) is 0 Å². The molecule has 0 unspecified atom stereocenters. The van der Waals surface area contributed by atoms with Crippen LogP contribution in [0, 0.1) is 11.6 Å². The second-order valence-electron chi connectivity index (χ2n) is 4.79. The van der Waals surface area contributed by atoms with E-state index in [-0.39, 0.29) is 5.52 Å². The van der Waals surface area contributed by atoms with Gasteiger partial charge in [-0.25, -0.2) is 13.8 Å². The Morgan fingerprint density at radius 3 is 2.76 bits per heavy atom. The number of imidazole rings is 1. The molecule has 0 amide bonds. The number of halogens is 3. The van der Waals surface area contributed by atoms with Crippen LogP contribution in [0.5, 0.6) is 0 Å².